The van der Waals surface area contributed by atoms with Crippen molar-refractivity contribution in [1.29, 1.82) is 0 Å². The number of rotatable bonds is 5. The third-order valence-electron chi connectivity index (χ3n) is 4.31. The molecular formula is C17H25ClN2O2. The lowest BCUT2D eigenvalue weighted by molar-refractivity contribution is 0.0600. The van der Waals surface area contributed by atoms with Crippen LogP contribution in [0.2, 0.25) is 5.02 Å². The summed E-state index contributed by atoms with van der Waals surface area (Å²) < 4.78 is 4.79. The van der Waals surface area contributed by atoms with Crippen LogP contribution in [0.1, 0.15) is 42.1 Å². The molecule has 0 amide bonds. The summed E-state index contributed by atoms with van der Waals surface area (Å²) >= 11 is 6.33. The second kappa shape index (κ2) is 8.51. The Morgan fingerprint density at radius 1 is 1.41 bits per heavy atom. The van der Waals surface area contributed by atoms with Crippen molar-refractivity contribution in [2.45, 2.75) is 38.8 Å². The highest BCUT2D eigenvalue weighted by Gasteiger charge is 2.20. The predicted octanol–water partition coefficient (Wildman–Crippen LogP) is 3.09. The second-order valence-corrected chi connectivity index (χ2v) is 6.10. The summed E-state index contributed by atoms with van der Waals surface area (Å²) in [5.41, 5.74) is 1.55. The van der Waals surface area contributed by atoms with E-state index in [1.54, 1.807) is 12.1 Å². The van der Waals surface area contributed by atoms with Gasteiger partial charge in [-0.3, -0.25) is 4.90 Å². The van der Waals surface area contributed by atoms with Gasteiger partial charge in [0, 0.05) is 17.6 Å². The molecular weight excluding hydrogens is 300 g/mol. The molecule has 0 spiro atoms. The number of carbonyl (C=O) groups is 1. The summed E-state index contributed by atoms with van der Waals surface area (Å²) in [5.74, 6) is -0.320. The van der Waals surface area contributed by atoms with Crippen molar-refractivity contribution in [3.8, 4) is 0 Å². The third kappa shape index (κ3) is 4.45. The molecule has 0 radical (unpaired) electrons. The number of carbonyl (C=O) groups excluding carboxylic acids is 1. The summed E-state index contributed by atoms with van der Waals surface area (Å²) in [6.45, 7) is 6.09. The lowest BCUT2D eigenvalue weighted by Gasteiger charge is -2.30. The zero-order valence-electron chi connectivity index (χ0n) is 13.4. The van der Waals surface area contributed by atoms with E-state index in [4.69, 9.17) is 16.3 Å². The van der Waals surface area contributed by atoms with Crippen molar-refractivity contribution in [2.75, 3.05) is 26.7 Å². The molecule has 0 bridgehead atoms. The number of methoxy groups -OCH3 is 1. The highest BCUT2D eigenvalue weighted by molar-refractivity contribution is 6.31. The number of halogens is 1. The van der Waals surface area contributed by atoms with Crippen LogP contribution in [0.3, 0.4) is 0 Å². The Bertz CT molecular complexity index is 499. The van der Waals surface area contributed by atoms with E-state index in [2.05, 4.69) is 17.1 Å². The van der Waals surface area contributed by atoms with E-state index in [1.807, 2.05) is 6.07 Å². The quantitative estimate of drug-likeness (QED) is 0.845. The van der Waals surface area contributed by atoms with Crippen molar-refractivity contribution >= 4 is 17.6 Å². The molecule has 1 aromatic carbocycles. The monoisotopic (exact) mass is 324 g/mol. The van der Waals surface area contributed by atoms with E-state index in [-0.39, 0.29) is 5.97 Å². The number of ether oxygens (including phenoxy) is 1. The highest BCUT2D eigenvalue weighted by Crippen LogP contribution is 2.23. The summed E-state index contributed by atoms with van der Waals surface area (Å²) in [4.78, 5) is 14.1. The minimum Gasteiger partial charge on any atom is -0.465 e. The molecule has 1 aliphatic heterocycles. The van der Waals surface area contributed by atoms with Gasteiger partial charge < -0.3 is 10.1 Å². The van der Waals surface area contributed by atoms with Crippen LogP contribution in [0.5, 0.6) is 0 Å². The first-order valence-corrected chi connectivity index (χ1v) is 8.35. The Morgan fingerprint density at radius 2 is 2.23 bits per heavy atom. The molecule has 1 saturated heterocycles. The SMILES string of the molecule is CCN(Cc1cc(C(=O)OC)ccc1Cl)C1CCCNCC1. The molecule has 0 aliphatic carbocycles. The fraction of sp³-hybridized carbons (Fsp3) is 0.588. The Kier molecular flexibility index (Phi) is 6.68. The maximum Gasteiger partial charge on any atom is 0.337 e. The van der Waals surface area contributed by atoms with Crippen molar-refractivity contribution in [3.05, 3.63) is 34.3 Å². The maximum atomic E-state index is 11.7. The minimum atomic E-state index is -0.320. The summed E-state index contributed by atoms with van der Waals surface area (Å²) in [6.07, 6.45) is 3.56. The molecule has 1 heterocycles. The van der Waals surface area contributed by atoms with Crippen LogP contribution >= 0.6 is 11.6 Å². The first-order valence-electron chi connectivity index (χ1n) is 7.97. The Balaban J connectivity index is 2.14. The average Bonchev–Trinajstić information content (AvgIpc) is 2.82. The summed E-state index contributed by atoms with van der Waals surface area (Å²) in [7, 11) is 1.40. The average molecular weight is 325 g/mol. The van der Waals surface area contributed by atoms with E-state index < -0.39 is 0 Å². The van der Waals surface area contributed by atoms with Gasteiger partial charge in [-0.1, -0.05) is 18.5 Å². The number of nitrogens with one attached hydrogen (secondary N) is 1. The lowest BCUT2D eigenvalue weighted by Crippen LogP contribution is -2.35. The largest absolute Gasteiger partial charge is 0.465 e. The van der Waals surface area contributed by atoms with E-state index in [0.717, 1.165) is 38.2 Å². The molecule has 0 saturated carbocycles. The van der Waals surface area contributed by atoms with Crippen molar-refractivity contribution in [3.63, 3.8) is 0 Å². The minimum absolute atomic E-state index is 0.320. The van der Waals surface area contributed by atoms with Gasteiger partial charge in [0.1, 0.15) is 0 Å². The van der Waals surface area contributed by atoms with Gasteiger partial charge in [0.25, 0.3) is 0 Å². The van der Waals surface area contributed by atoms with E-state index in [1.165, 1.54) is 20.0 Å². The van der Waals surface area contributed by atoms with E-state index in [0.29, 0.717) is 16.6 Å². The van der Waals surface area contributed by atoms with Gasteiger partial charge >= 0.3 is 5.97 Å². The third-order valence-corrected chi connectivity index (χ3v) is 4.68. The molecule has 122 valence electrons. The van der Waals surface area contributed by atoms with Gasteiger partial charge in [0.2, 0.25) is 0 Å². The van der Waals surface area contributed by atoms with Gasteiger partial charge in [0.05, 0.1) is 12.7 Å². The molecule has 5 heteroatoms. The standard InChI is InChI=1S/C17H25ClN2O2/c1-3-20(15-5-4-9-19-10-8-15)12-14-11-13(17(21)22-2)6-7-16(14)18/h6-7,11,15,19H,3-5,8-10,12H2,1-2H3. The van der Waals surface area contributed by atoms with Gasteiger partial charge in [-0.05, 0) is 62.7 Å². The Morgan fingerprint density at radius 3 is 2.95 bits per heavy atom. The lowest BCUT2D eigenvalue weighted by atomic mass is 10.0. The highest BCUT2D eigenvalue weighted by atomic mass is 35.5. The smallest absolute Gasteiger partial charge is 0.337 e. The molecule has 1 fully saturated rings. The van der Waals surface area contributed by atoms with Crippen molar-refractivity contribution < 1.29 is 9.53 Å². The van der Waals surface area contributed by atoms with E-state index in [9.17, 15) is 4.79 Å². The topological polar surface area (TPSA) is 41.6 Å². The second-order valence-electron chi connectivity index (χ2n) is 5.70. The zero-order chi connectivity index (χ0) is 15.9. The maximum absolute atomic E-state index is 11.7. The number of hydrogen-bond acceptors (Lipinski definition) is 4. The van der Waals surface area contributed by atoms with Crippen LogP contribution in [0.4, 0.5) is 0 Å². The van der Waals surface area contributed by atoms with Crippen molar-refractivity contribution in [1.82, 2.24) is 10.2 Å². The molecule has 4 nitrogen and oxygen atoms in total. The molecule has 0 aromatic heterocycles. The van der Waals surface area contributed by atoms with Gasteiger partial charge in [-0.25, -0.2) is 4.79 Å². The summed E-state index contributed by atoms with van der Waals surface area (Å²) in [6, 6.07) is 5.92. The Labute approximate surface area is 137 Å². The molecule has 2 rings (SSSR count). The van der Waals surface area contributed by atoms with Crippen LogP contribution in [0, 0.1) is 0 Å². The molecule has 1 unspecified atom stereocenters. The fourth-order valence-corrected chi connectivity index (χ4v) is 3.20. The van der Waals surface area contributed by atoms with Crippen molar-refractivity contribution in [2.24, 2.45) is 0 Å². The first-order chi connectivity index (χ1) is 10.7. The molecule has 22 heavy (non-hydrogen) atoms. The molecule has 1 N–H and O–H groups in total. The fourth-order valence-electron chi connectivity index (χ4n) is 3.02. The predicted molar refractivity (Wildman–Crippen MR) is 89.4 cm³/mol. The van der Waals surface area contributed by atoms with Crippen LogP contribution in [-0.2, 0) is 11.3 Å². The van der Waals surface area contributed by atoms with Crippen LogP contribution in [0.15, 0.2) is 18.2 Å². The first kappa shape index (κ1) is 17.3. The summed E-state index contributed by atoms with van der Waals surface area (Å²) in [5, 5.41) is 4.16. The number of hydrogen-bond donors (Lipinski definition) is 1. The molecule has 1 aliphatic rings. The van der Waals surface area contributed by atoms with Gasteiger partial charge in [-0.2, -0.15) is 0 Å². The van der Waals surface area contributed by atoms with Gasteiger partial charge in [0.15, 0.2) is 0 Å². The van der Waals surface area contributed by atoms with E-state index >= 15 is 0 Å². The normalized spacial score (nSPS) is 19.0. The molecule has 1 aromatic rings. The van der Waals surface area contributed by atoms with Crippen LogP contribution < -0.4 is 5.32 Å². The number of nitrogens with zero attached hydrogens (tertiary/aromatic N) is 1. The van der Waals surface area contributed by atoms with Crippen LogP contribution in [0.25, 0.3) is 0 Å². The van der Waals surface area contributed by atoms with Crippen LogP contribution in [-0.4, -0.2) is 43.7 Å². The zero-order valence-corrected chi connectivity index (χ0v) is 14.2. The number of benzene rings is 1. The van der Waals surface area contributed by atoms with Gasteiger partial charge in [-0.15, -0.1) is 0 Å². The Hall–Kier alpha value is -1.10. The number of esters is 1. The molecule has 1 atom stereocenters.